The van der Waals surface area contributed by atoms with Gasteiger partial charge in [0.2, 0.25) is 0 Å². The van der Waals surface area contributed by atoms with Crippen LogP contribution in [-0.4, -0.2) is 37.2 Å². The highest BCUT2D eigenvalue weighted by atomic mass is 16.6. The van der Waals surface area contributed by atoms with Gasteiger partial charge in [0.1, 0.15) is 13.2 Å². The summed E-state index contributed by atoms with van der Waals surface area (Å²) in [6.45, 7) is 6.47. The van der Waals surface area contributed by atoms with Crippen molar-refractivity contribution >= 4 is 17.9 Å². The Morgan fingerprint density at radius 2 is 0.635 bits per heavy atom. The van der Waals surface area contributed by atoms with E-state index in [4.69, 9.17) is 14.2 Å². The van der Waals surface area contributed by atoms with Crippen molar-refractivity contribution in [1.82, 2.24) is 0 Å². The maximum atomic E-state index is 12.8. The second-order valence-corrected chi connectivity index (χ2v) is 17.7. The molecule has 0 aliphatic rings. The predicted octanol–water partition coefficient (Wildman–Crippen LogP) is 17.6. The molecule has 0 rings (SSSR count). The Labute approximate surface area is 390 Å². The first kappa shape index (κ1) is 60.1. The van der Waals surface area contributed by atoms with Gasteiger partial charge in [-0.2, -0.15) is 0 Å². The van der Waals surface area contributed by atoms with Crippen LogP contribution >= 0.6 is 0 Å². The van der Waals surface area contributed by atoms with Crippen LogP contribution in [0.3, 0.4) is 0 Å². The maximum Gasteiger partial charge on any atom is 0.306 e. The van der Waals surface area contributed by atoms with Gasteiger partial charge >= 0.3 is 17.9 Å². The first-order valence-electron chi connectivity index (χ1n) is 26.8. The summed E-state index contributed by atoms with van der Waals surface area (Å²) in [5, 5.41) is 0. The third kappa shape index (κ3) is 50.0. The van der Waals surface area contributed by atoms with Crippen LogP contribution in [0, 0.1) is 0 Å². The van der Waals surface area contributed by atoms with Crippen molar-refractivity contribution in [2.45, 2.75) is 271 Å². The zero-order valence-corrected chi connectivity index (χ0v) is 41.6. The summed E-state index contributed by atoms with van der Waals surface area (Å²) in [5.41, 5.74) is 0. The second-order valence-electron chi connectivity index (χ2n) is 17.7. The Bertz CT molecular complexity index is 1150. The van der Waals surface area contributed by atoms with Crippen LogP contribution in [0.5, 0.6) is 0 Å². The van der Waals surface area contributed by atoms with Gasteiger partial charge in [0, 0.05) is 19.3 Å². The minimum Gasteiger partial charge on any atom is -0.462 e. The summed E-state index contributed by atoms with van der Waals surface area (Å²) in [4.78, 5) is 37.9. The molecule has 0 aromatic carbocycles. The fraction of sp³-hybridized carbons (Fsp3) is 0.772. The lowest BCUT2D eigenvalue weighted by atomic mass is 10.1. The fourth-order valence-corrected chi connectivity index (χ4v) is 7.46. The highest BCUT2D eigenvalue weighted by Gasteiger charge is 2.19. The summed E-state index contributed by atoms with van der Waals surface area (Å²) in [6, 6.07) is 0. The van der Waals surface area contributed by atoms with Crippen molar-refractivity contribution in [1.29, 1.82) is 0 Å². The van der Waals surface area contributed by atoms with Crippen molar-refractivity contribution < 1.29 is 28.6 Å². The Morgan fingerprint density at radius 3 is 1.05 bits per heavy atom. The number of hydrogen-bond donors (Lipinski definition) is 0. The monoisotopic (exact) mass is 881 g/mol. The molecule has 1 atom stereocenters. The molecule has 0 aliphatic heterocycles. The molecule has 0 fully saturated rings. The van der Waals surface area contributed by atoms with Gasteiger partial charge in [0.25, 0.3) is 0 Å². The molecular formula is C57H100O6. The van der Waals surface area contributed by atoms with E-state index < -0.39 is 6.10 Å². The minimum atomic E-state index is -0.800. The smallest absolute Gasteiger partial charge is 0.306 e. The third-order valence-electron chi connectivity index (χ3n) is 11.5. The van der Waals surface area contributed by atoms with Crippen LogP contribution in [0.25, 0.3) is 0 Å². The molecule has 0 saturated carbocycles. The number of rotatable bonds is 48. The number of hydrogen-bond acceptors (Lipinski definition) is 6. The molecule has 0 aromatic rings. The number of carbonyl (C=O) groups excluding carboxylic acids is 3. The van der Waals surface area contributed by atoms with Gasteiger partial charge in [-0.15, -0.1) is 0 Å². The highest BCUT2D eigenvalue weighted by molar-refractivity contribution is 5.71. The van der Waals surface area contributed by atoms with Gasteiger partial charge in [-0.1, -0.05) is 210 Å². The molecule has 6 nitrogen and oxygen atoms in total. The Hall–Kier alpha value is -2.89. The van der Waals surface area contributed by atoms with E-state index in [2.05, 4.69) is 81.5 Å². The quantitative estimate of drug-likeness (QED) is 0.0262. The van der Waals surface area contributed by atoms with E-state index in [0.29, 0.717) is 19.3 Å². The van der Waals surface area contributed by atoms with Crippen molar-refractivity contribution in [3.8, 4) is 0 Å². The molecule has 0 N–H and O–H groups in total. The van der Waals surface area contributed by atoms with Crippen LogP contribution in [-0.2, 0) is 28.6 Å². The van der Waals surface area contributed by atoms with Crippen LogP contribution in [0.2, 0.25) is 0 Å². The van der Waals surface area contributed by atoms with Gasteiger partial charge in [0.15, 0.2) is 6.10 Å². The lowest BCUT2D eigenvalue weighted by Gasteiger charge is -2.18. The second kappa shape index (κ2) is 51.7. The predicted molar refractivity (Wildman–Crippen MR) is 270 cm³/mol. The zero-order valence-electron chi connectivity index (χ0n) is 41.6. The molecule has 0 heterocycles. The summed E-state index contributed by atoms with van der Waals surface area (Å²) in [7, 11) is 0. The van der Waals surface area contributed by atoms with E-state index in [1.807, 2.05) is 0 Å². The Balaban J connectivity index is 4.39. The summed E-state index contributed by atoms with van der Waals surface area (Å²) in [6.07, 6.45) is 63.6. The van der Waals surface area contributed by atoms with Crippen molar-refractivity contribution in [3.05, 3.63) is 60.8 Å². The van der Waals surface area contributed by atoms with Crippen LogP contribution < -0.4 is 0 Å². The topological polar surface area (TPSA) is 78.9 Å². The van der Waals surface area contributed by atoms with E-state index in [1.165, 1.54) is 135 Å². The van der Waals surface area contributed by atoms with Crippen LogP contribution in [0.15, 0.2) is 60.8 Å². The molecule has 63 heavy (non-hydrogen) atoms. The summed E-state index contributed by atoms with van der Waals surface area (Å²) in [5.74, 6) is -0.965. The van der Waals surface area contributed by atoms with Crippen molar-refractivity contribution in [3.63, 3.8) is 0 Å². The van der Waals surface area contributed by atoms with E-state index in [9.17, 15) is 14.4 Å². The first-order valence-corrected chi connectivity index (χ1v) is 26.8. The van der Waals surface area contributed by atoms with Gasteiger partial charge < -0.3 is 14.2 Å². The minimum absolute atomic E-state index is 0.0970. The average molecular weight is 881 g/mol. The Kier molecular flexibility index (Phi) is 49.4. The molecule has 1 unspecified atom stereocenters. The number of esters is 3. The molecule has 364 valence electrons. The number of carbonyl (C=O) groups is 3. The number of unbranched alkanes of at least 4 members (excludes halogenated alkanes) is 27. The third-order valence-corrected chi connectivity index (χ3v) is 11.5. The molecule has 0 spiro atoms. The van der Waals surface area contributed by atoms with Gasteiger partial charge in [-0.3, -0.25) is 14.4 Å². The molecule has 0 aromatic heterocycles. The van der Waals surface area contributed by atoms with Crippen LogP contribution in [0.4, 0.5) is 0 Å². The number of allylic oxidation sites excluding steroid dienone is 10. The van der Waals surface area contributed by atoms with E-state index in [1.54, 1.807) is 0 Å². The summed E-state index contributed by atoms with van der Waals surface area (Å²) < 4.78 is 16.7. The van der Waals surface area contributed by atoms with Crippen molar-refractivity contribution in [2.75, 3.05) is 13.2 Å². The Morgan fingerprint density at radius 1 is 0.333 bits per heavy atom. The fourth-order valence-electron chi connectivity index (χ4n) is 7.46. The first-order chi connectivity index (χ1) is 31.0. The lowest BCUT2D eigenvalue weighted by molar-refractivity contribution is -0.167. The number of ether oxygens (including phenoxy) is 3. The highest BCUT2D eigenvalue weighted by Crippen LogP contribution is 2.14. The normalized spacial score (nSPS) is 12.5. The standard InChI is InChI=1S/C57H100O6/c1-4-7-10-13-16-19-22-24-26-28-29-31-32-35-38-41-44-47-50-56(59)62-53-54(52-61-55(58)49-46-43-40-37-34-21-18-15-12-9-6-3)63-57(60)51-48-45-42-39-36-33-30-27-25-23-20-17-14-11-8-5-2/h9,12,18,21,27,29-31,37,40,54H,4-8,10-11,13-17,19-20,22-26,28,32-36,38-39,41-53H2,1-3H3/b12-9-,21-18-,30-27-,31-29-,40-37-. The van der Waals surface area contributed by atoms with E-state index in [-0.39, 0.29) is 37.5 Å². The molecule has 0 aliphatic carbocycles. The SMILES string of the molecule is CC/C=C\C/C=C\C/C=C\CCCC(=O)OCC(COC(=O)CCCCCCC/C=C\CCCCCCCCCCC)OC(=O)CCCCCCC/C=C\CCCCCCCCC. The largest absolute Gasteiger partial charge is 0.462 e. The van der Waals surface area contributed by atoms with Crippen molar-refractivity contribution in [2.24, 2.45) is 0 Å². The van der Waals surface area contributed by atoms with Gasteiger partial charge in [-0.25, -0.2) is 0 Å². The van der Waals surface area contributed by atoms with E-state index >= 15 is 0 Å². The molecule has 0 amide bonds. The molecule has 0 bridgehead atoms. The van der Waals surface area contributed by atoms with E-state index in [0.717, 1.165) is 83.5 Å². The zero-order chi connectivity index (χ0) is 45.8. The summed E-state index contributed by atoms with van der Waals surface area (Å²) >= 11 is 0. The molecule has 0 radical (unpaired) electrons. The molecule has 6 heteroatoms. The molecule has 0 saturated heterocycles. The average Bonchev–Trinajstić information content (AvgIpc) is 3.28. The lowest BCUT2D eigenvalue weighted by Crippen LogP contribution is -2.30. The van der Waals surface area contributed by atoms with Gasteiger partial charge in [0.05, 0.1) is 0 Å². The van der Waals surface area contributed by atoms with Gasteiger partial charge in [-0.05, 0) is 96.3 Å². The molecular weight excluding hydrogens is 781 g/mol. The van der Waals surface area contributed by atoms with Crippen LogP contribution in [0.1, 0.15) is 265 Å². The maximum absolute atomic E-state index is 12.8.